The molecule has 1 saturated heterocycles. The largest absolute Gasteiger partial charge is 0.507 e. The summed E-state index contributed by atoms with van der Waals surface area (Å²) in [5, 5.41) is 14.5. The van der Waals surface area contributed by atoms with Gasteiger partial charge in [0.15, 0.2) is 0 Å². The molecule has 1 fully saturated rings. The molecular weight excluding hydrogens is 394 g/mol. The highest BCUT2D eigenvalue weighted by Gasteiger charge is 2.31. The lowest BCUT2D eigenvalue weighted by molar-refractivity contribution is 0.399. The van der Waals surface area contributed by atoms with Gasteiger partial charge in [0, 0.05) is 18.0 Å². The van der Waals surface area contributed by atoms with Crippen molar-refractivity contribution < 1.29 is 14.6 Å². The van der Waals surface area contributed by atoms with Crippen molar-refractivity contribution in [3.63, 3.8) is 0 Å². The van der Waals surface area contributed by atoms with Crippen molar-refractivity contribution in [2.75, 3.05) is 13.2 Å². The molecule has 0 bridgehead atoms. The smallest absolute Gasteiger partial charge is 0.262 e. The number of hydrogen-bond donors (Lipinski definition) is 2. The van der Waals surface area contributed by atoms with Crippen molar-refractivity contribution in [3.05, 3.63) is 47.1 Å². The van der Waals surface area contributed by atoms with Crippen LogP contribution < -0.4 is 10.1 Å². The van der Waals surface area contributed by atoms with Gasteiger partial charge in [0.1, 0.15) is 11.5 Å². The van der Waals surface area contributed by atoms with E-state index in [2.05, 4.69) is 44.8 Å². The molecule has 30 heavy (non-hydrogen) atoms. The Bertz CT molecular complexity index is 813. The molecule has 1 aliphatic heterocycles. The minimum Gasteiger partial charge on any atom is -0.507 e. The Morgan fingerprint density at radius 1 is 1.37 bits per heavy atom. The average molecular weight is 430 g/mol. The summed E-state index contributed by atoms with van der Waals surface area (Å²) in [5.41, 5.74) is 4.36. The number of hydrogen-bond acceptors (Lipinski definition) is 4. The van der Waals surface area contributed by atoms with Crippen molar-refractivity contribution in [1.82, 2.24) is 5.32 Å². The topological polar surface area (TPSA) is 54.0 Å². The second-order valence-electron chi connectivity index (χ2n) is 8.74. The zero-order valence-electron chi connectivity index (χ0n) is 18.5. The minimum atomic E-state index is 0.0329. The maximum atomic E-state index is 11.1. The van der Waals surface area contributed by atoms with Crippen LogP contribution in [0.25, 0.3) is 0 Å². The second-order valence-corrected chi connectivity index (χ2v) is 9.11. The van der Waals surface area contributed by atoms with Crippen LogP contribution in [-0.4, -0.2) is 29.5 Å². The lowest BCUT2D eigenvalue weighted by Crippen LogP contribution is -2.30. The number of phenolic OH excluding ortho intramolecular Hbond substituents is 1. The van der Waals surface area contributed by atoms with Gasteiger partial charge in [-0.2, -0.15) is 0 Å². The molecule has 2 N–H and O–H groups in total. The lowest BCUT2D eigenvalue weighted by Gasteiger charge is -2.32. The molecule has 164 valence electrons. The van der Waals surface area contributed by atoms with Crippen LogP contribution in [0, 0.1) is 5.92 Å². The molecule has 1 heterocycles. The minimum absolute atomic E-state index is 0.0329. The molecule has 0 saturated carbocycles. The van der Waals surface area contributed by atoms with Crippen LogP contribution in [0.2, 0.25) is 0 Å². The summed E-state index contributed by atoms with van der Waals surface area (Å²) < 4.78 is 11.4. The summed E-state index contributed by atoms with van der Waals surface area (Å²) in [7, 11) is 0. The van der Waals surface area contributed by atoms with Crippen LogP contribution >= 0.6 is 12.2 Å². The van der Waals surface area contributed by atoms with Gasteiger partial charge in [-0.1, -0.05) is 43.6 Å². The van der Waals surface area contributed by atoms with E-state index in [1.807, 2.05) is 6.07 Å². The molecule has 0 spiro atoms. The highest BCUT2D eigenvalue weighted by atomic mass is 32.1. The van der Waals surface area contributed by atoms with E-state index in [0.29, 0.717) is 17.5 Å². The van der Waals surface area contributed by atoms with Crippen LogP contribution in [0.5, 0.6) is 11.5 Å². The van der Waals surface area contributed by atoms with E-state index < -0.39 is 0 Å². The van der Waals surface area contributed by atoms with Gasteiger partial charge in [-0.25, -0.2) is 0 Å². The zero-order valence-corrected chi connectivity index (χ0v) is 19.3. The molecule has 1 aromatic carbocycles. The van der Waals surface area contributed by atoms with E-state index in [9.17, 15) is 5.11 Å². The molecule has 0 amide bonds. The Morgan fingerprint density at radius 2 is 2.13 bits per heavy atom. The van der Waals surface area contributed by atoms with Gasteiger partial charge in [-0.3, -0.25) is 0 Å². The van der Waals surface area contributed by atoms with Crippen molar-refractivity contribution in [1.29, 1.82) is 0 Å². The summed E-state index contributed by atoms with van der Waals surface area (Å²) in [5.74, 6) is 1.24. The normalized spacial score (nSPS) is 22.9. The van der Waals surface area contributed by atoms with Crippen molar-refractivity contribution in [2.24, 2.45) is 5.92 Å². The zero-order chi connectivity index (χ0) is 21.7. The maximum absolute atomic E-state index is 11.1. The molecule has 5 heteroatoms. The van der Waals surface area contributed by atoms with Gasteiger partial charge in [-0.05, 0) is 75.4 Å². The first-order valence-corrected chi connectivity index (χ1v) is 11.6. The number of ether oxygens (including phenoxy) is 2. The first-order chi connectivity index (χ1) is 14.4. The standard InChI is InChI=1S/C25H35NO3S/c1-5-6-7-8-18-12-22(27)24(21-11-17(4)9-10-20(21)16(2)3)23(13-18)29-25(30)26-14-19-15-28-19/h11-13,19-21,27H,2,5-10,14-15H2,1,3-4H3,(H,26,30)/t19?,20-,21+/m0/s1. The van der Waals surface area contributed by atoms with Crippen LogP contribution in [0.1, 0.15) is 69.9 Å². The highest BCUT2D eigenvalue weighted by molar-refractivity contribution is 7.80. The third-order valence-corrected chi connectivity index (χ3v) is 6.27. The maximum Gasteiger partial charge on any atom is 0.262 e. The predicted octanol–water partition coefficient (Wildman–Crippen LogP) is 5.79. The molecule has 1 unspecified atom stereocenters. The summed E-state index contributed by atoms with van der Waals surface area (Å²) in [6.45, 7) is 12.1. The van der Waals surface area contributed by atoms with E-state index >= 15 is 0 Å². The number of rotatable bonds is 9. The third-order valence-electron chi connectivity index (χ3n) is 6.04. The first kappa shape index (κ1) is 22.8. The van der Waals surface area contributed by atoms with E-state index in [1.54, 1.807) is 0 Å². The Kier molecular flexibility index (Phi) is 7.95. The van der Waals surface area contributed by atoms with E-state index in [4.69, 9.17) is 21.7 Å². The fourth-order valence-corrected chi connectivity index (χ4v) is 4.41. The van der Waals surface area contributed by atoms with Crippen LogP contribution in [0.4, 0.5) is 0 Å². The molecule has 1 aromatic rings. The van der Waals surface area contributed by atoms with Crippen LogP contribution in [0.15, 0.2) is 35.9 Å². The monoisotopic (exact) mass is 429 g/mol. The lowest BCUT2D eigenvalue weighted by atomic mass is 9.73. The summed E-state index contributed by atoms with van der Waals surface area (Å²) >= 11 is 5.44. The summed E-state index contributed by atoms with van der Waals surface area (Å²) in [4.78, 5) is 0. The number of epoxide rings is 1. The number of unbranched alkanes of at least 4 members (excludes halogenated alkanes) is 2. The Balaban J connectivity index is 1.92. The summed E-state index contributed by atoms with van der Waals surface area (Å²) in [6, 6.07) is 3.96. The van der Waals surface area contributed by atoms with E-state index in [-0.39, 0.29) is 23.7 Å². The average Bonchev–Trinajstić information content (AvgIpc) is 3.50. The molecule has 0 radical (unpaired) electrons. The Morgan fingerprint density at radius 3 is 2.80 bits per heavy atom. The fraction of sp³-hybridized carbons (Fsp3) is 0.560. The molecule has 1 aliphatic carbocycles. The van der Waals surface area contributed by atoms with E-state index in [1.165, 1.54) is 12.0 Å². The van der Waals surface area contributed by atoms with Gasteiger partial charge >= 0.3 is 0 Å². The van der Waals surface area contributed by atoms with E-state index in [0.717, 1.165) is 55.4 Å². The molecule has 0 aromatic heterocycles. The SMILES string of the molecule is C=C(C)[C@@H]1CCC(C)=C[C@H]1c1c(O)cc(CCCCC)cc1OC(=S)NCC1CO1. The molecule has 3 rings (SSSR count). The Labute approximate surface area is 186 Å². The van der Waals surface area contributed by atoms with Crippen molar-refractivity contribution in [2.45, 2.75) is 71.3 Å². The van der Waals surface area contributed by atoms with Gasteiger partial charge < -0.3 is 19.9 Å². The van der Waals surface area contributed by atoms with Crippen LogP contribution in [0.3, 0.4) is 0 Å². The molecule has 3 atom stereocenters. The first-order valence-electron chi connectivity index (χ1n) is 11.1. The molecule has 2 aliphatic rings. The number of phenols is 1. The molecule has 4 nitrogen and oxygen atoms in total. The van der Waals surface area contributed by atoms with Crippen molar-refractivity contribution >= 4 is 17.4 Å². The highest BCUT2D eigenvalue weighted by Crippen LogP contribution is 2.47. The van der Waals surface area contributed by atoms with Gasteiger partial charge in [-0.15, -0.1) is 0 Å². The Hall–Kier alpha value is -1.85. The summed E-state index contributed by atoms with van der Waals surface area (Å²) in [6.07, 6.45) is 8.90. The van der Waals surface area contributed by atoms with Gasteiger partial charge in [0.2, 0.25) is 0 Å². The van der Waals surface area contributed by atoms with Gasteiger partial charge in [0.25, 0.3) is 5.17 Å². The number of nitrogens with one attached hydrogen (secondary N) is 1. The number of benzene rings is 1. The number of allylic oxidation sites excluding steroid dienone is 3. The van der Waals surface area contributed by atoms with Gasteiger partial charge in [0.05, 0.1) is 12.7 Å². The number of aryl methyl sites for hydroxylation is 1. The molecular formula is C25H35NO3S. The third kappa shape index (κ3) is 6.08. The fourth-order valence-electron chi connectivity index (χ4n) is 4.24. The number of aromatic hydroxyl groups is 1. The second kappa shape index (κ2) is 10.5. The van der Waals surface area contributed by atoms with Crippen LogP contribution in [-0.2, 0) is 11.2 Å². The van der Waals surface area contributed by atoms with Crippen molar-refractivity contribution in [3.8, 4) is 11.5 Å². The predicted molar refractivity (Wildman–Crippen MR) is 126 cm³/mol. The quantitative estimate of drug-likeness (QED) is 0.225. The number of thiocarbonyl (C=S) groups is 1.